The monoisotopic (exact) mass is 400 g/mol. The lowest BCUT2D eigenvalue weighted by Gasteiger charge is -2.20. The molecule has 5 rings (SSSR count). The molecule has 1 saturated carbocycles. The van der Waals surface area contributed by atoms with Crippen LogP contribution in [0.1, 0.15) is 29.4 Å². The first-order valence-corrected chi connectivity index (χ1v) is 10.3. The van der Waals surface area contributed by atoms with Gasteiger partial charge in [0.2, 0.25) is 5.95 Å². The Kier molecular flexibility index (Phi) is 4.60. The Morgan fingerprint density at radius 1 is 1.20 bits per heavy atom. The zero-order valence-electron chi connectivity index (χ0n) is 16.8. The van der Waals surface area contributed by atoms with Crippen LogP contribution >= 0.6 is 0 Å². The fourth-order valence-electron chi connectivity index (χ4n) is 4.21. The molecule has 0 spiro atoms. The lowest BCUT2D eigenvalue weighted by Crippen LogP contribution is -2.29. The van der Waals surface area contributed by atoms with Gasteiger partial charge < -0.3 is 16.0 Å². The summed E-state index contributed by atoms with van der Waals surface area (Å²) in [7, 11) is 0. The van der Waals surface area contributed by atoms with Crippen LogP contribution in [0, 0.1) is 23.2 Å². The van der Waals surface area contributed by atoms with Gasteiger partial charge in [-0.1, -0.05) is 19.1 Å². The van der Waals surface area contributed by atoms with E-state index in [1.165, 1.54) is 0 Å². The van der Waals surface area contributed by atoms with E-state index in [0.717, 1.165) is 48.2 Å². The number of nitriles is 1. The molecule has 1 aliphatic carbocycles. The van der Waals surface area contributed by atoms with Gasteiger partial charge >= 0.3 is 0 Å². The second-order valence-electron chi connectivity index (χ2n) is 8.10. The predicted molar refractivity (Wildman–Crippen MR) is 114 cm³/mol. The molecule has 0 unspecified atom stereocenters. The van der Waals surface area contributed by atoms with Gasteiger partial charge in [-0.3, -0.25) is 5.10 Å². The van der Waals surface area contributed by atoms with Crippen molar-refractivity contribution in [2.75, 3.05) is 23.3 Å². The van der Waals surface area contributed by atoms with Crippen molar-refractivity contribution >= 4 is 17.6 Å². The van der Waals surface area contributed by atoms with Crippen molar-refractivity contribution in [2.45, 2.75) is 25.8 Å². The maximum atomic E-state index is 9.18. The largest absolute Gasteiger partial charge is 0.340 e. The number of nitrogens with two attached hydrogens (primary N) is 1. The number of H-pyrrole nitrogens is 1. The van der Waals surface area contributed by atoms with E-state index in [-0.39, 0.29) is 0 Å². The molecule has 2 fully saturated rings. The van der Waals surface area contributed by atoms with Crippen LogP contribution in [0.3, 0.4) is 0 Å². The van der Waals surface area contributed by atoms with Crippen molar-refractivity contribution in [1.29, 1.82) is 5.26 Å². The van der Waals surface area contributed by atoms with Gasteiger partial charge in [-0.25, -0.2) is 4.98 Å². The number of benzene rings is 1. The van der Waals surface area contributed by atoms with E-state index < -0.39 is 0 Å². The van der Waals surface area contributed by atoms with Crippen LogP contribution in [0.5, 0.6) is 0 Å². The highest BCUT2D eigenvalue weighted by molar-refractivity contribution is 5.55. The van der Waals surface area contributed by atoms with Gasteiger partial charge in [0.1, 0.15) is 5.82 Å². The maximum Gasteiger partial charge on any atom is 0.227 e. The number of aromatic nitrogens is 4. The van der Waals surface area contributed by atoms with Crippen molar-refractivity contribution in [3.8, 4) is 6.07 Å². The summed E-state index contributed by atoms with van der Waals surface area (Å²) in [6.45, 7) is 3.89. The molecule has 8 nitrogen and oxygen atoms in total. The summed E-state index contributed by atoms with van der Waals surface area (Å²) in [5.74, 6) is 3.28. The second-order valence-corrected chi connectivity index (χ2v) is 8.10. The summed E-state index contributed by atoms with van der Waals surface area (Å²) in [5, 5.41) is 19.8. The molecule has 1 saturated heterocycles. The molecule has 152 valence electrons. The van der Waals surface area contributed by atoms with E-state index in [1.54, 1.807) is 0 Å². The molecule has 0 bridgehead atoms. The van der Waals surface area contributed by atoms with Crippen LogP contribution in [0.15, 0.2) is 36.4 Å². The van der Waals surface area contributed by atoms with Crippen molar-refractivity contribution < 1.29 is 0 Å². The molecular formula is C22H24N8. The van der Waals surface area contributed by atoms with Crippen LogP contribution in [-0.4, -0.2) is 39.3 Å². The van der Waals surface area contributed by atoms with E-state index in [2.05, 4.69) is 33.4 Å². The second kappa shape index (κ2) is 7.43. The number of hydrogen-bond donors (Lipinski definition) is 3. The summed E-state index contributed by atoms with van der Waals surface area (Å²) >= 11 is 0. The third kappa shape index (κ3) is 3.60. The van der Waals surface area contributed by atoms with Crippen molar-refractivity contribution in [3.63, 3.8) is 0 Å². The minimum atomic E-state index is 0.326. The van der Waals surface area contributed by atoms with Gasteiger partial charge in [-0.2, -0.15) is 15.3 Å². The van der Waals surface area contributed by atoms with Gasteiger partial charge in [0.05, 0.1) is 17.3 Å². The Morgan fingerprint density at radius 2 is 2.03 bits per heavy atom. The Hall–Kier alpha value is -3.44. The number of fused-ring (bicyclic) bond motifs is 1. The minimum Gasteiger partial charge on any atom is -0.340 e. The summed E-state index contributed by atoms with van der Waals surface area (Å²) in [5.41, 5.74) is 9.76. The highest BCUT2D eigenvalue weighted by atomic mass is 15.3. The standard InChI is InChI=1S/C22H24N8/c1-2-15-8-20(29-28-15)26-19-9-16(7-13-4-3-5-14(6-13)10-23)25-22(27-19)30-11-17-18(12-30)21(17)24/h3-6,8-9,17-18,21H,2,7,11-12,24H2,1H3,(H2,25,26,27,28,29)/t17-,18+,21+. The molecule has 2 aromatic heterocycles. The summed E-state index contributed by atoms with van der Waals surface area (Å²) in [4.78, 5) is 11.8. The number of hydrogen-bond acceptors (Lipinski definition) is 7. The number of nitrogens with one attached hydrogen (secondary N) is 2. The zero-order chi connectivity index (χ0) is 20.7. The summed E-state index contributed by atoms with van der Waals surface area (Å²) < 4.78 is 0. The summed E-state index contributed by atoms with van der Waals surface area (Å²) in [6, 6.07) is 14.1. The van der Waals surface area contributed by atoms with Gasteiger partial charge in [0, 0.05) is 43.4 Å². The van der Waals surface area contributed by atoms with Crippen molar-refractivity contribution in [2.24, 2.45) is 17.6 Å². The molecule has 4 N–H and O–H groups in total. The van der Waals surface area contributed by atoms with Crippen LogP contribution in [0.2, 0.25) is 0 Å². The number of nitrogens with zero attached hydrogens (tertiary/aromatic N) is 5. The fourth-order valence-corrected chi connectivity index (χ4v) is 4.21. The normalized spacial score (nSPS) is 21.9. The highest BCUT2D eigenvalue weighted by Crippen LogP contribution is 2.44. The lowest BCUT2D eigenvalue weighted by molar-refractivity contribution is 0.723. The van der Waals surface area contributed by atoms with Crippen molar-refractivity contribution in [3.05, 3.63) is 58.9 Å². The maximum absolute atomic E-state index is 9.18. The molecule has 3 atom stereocenters. The van der Waals surface area contributed by atoms with Gasteiger partial charge in [0.15, 0.2) is 5.82 Å². The Labute approximate surface area is 175 Å². The van der Waals surface area contributed by atoms with Crippen LogP contribution in [-0.2, 0) is 12.8 Å². The highest BCUT2D eigenvalue weighted by Gasteiger charge is 2.54. The number of aryl methyl sites for hydroxylation is 1. The average molecular weight is 400 g/mol. The molecule has 1 aliphatic heterocycles. The first-order valence-electron chi connectivity index (χ1n) is 10.3. The van der Waals surface area contributed by atoms with Gasteiger partial charge in [-0.05, 0) is 36.0 Å². The third-order valence-electron chi connectivity index (χ3n) is 6.02. The molecule has 0 amide bonds. The number of rotatable bonds is 6. The Balaban J connectivity index is 1.44. The first kappa shape index (κ1) is 18.6. The van der Waals surface area contributed by atoms with E-state index in [4.69, 9.17) is 15.7 Å². The van der Waals surface area contributed by atoms with Gasteiger partial charge in [0.25, 0.3) is 0 Å². The third-order valence-corrected chi connectivity index (χ3v) is 6.02. The average Bonchev–Trinajstić information content (AvgIpc) is 3.14. The molecular weight excluding hydrogens is 376 g/mol. The predicted octanol–water partition coefficient (Wildman–Crippen LogP) is 2.36. The lowest BCUT2D eigenvalue weighted by atomic mass is 10.1. The molecule has 0 radical (unpaired) electrons. The van der Waals surface area contributed by atoms with E-state index in [1.807, 2.05) is 36.4 Å². The smallest absolute Gasteiger partial charge is 0.227 e. The zero-order valence-corrected chi connectivity index (χ0v) is 16.8. The molecule has 2 aliphatic rings. The molecule has 3 aromatic rings. The Bertz CT molecular complexity index is 1100. The first-order chi connectivity index (χ1) is 14.6. The summed E-state index contributed by atoms with van der Waals surface area (Å²) in [6.07, 6.45) is 1.52. The number of aromatic amines is 1. The number of anilines is 3. The Morgan fingerprint density at radius 3 is 2.77 bits per heavy atom. The quantitative estimate of drug-likeness (QED) is 0.581. The van der Waals surface area contributed by atoms with Crippen LogP contribution in [0.4, 0.5) is 17.6 Å². The molecule has 8 heteroatoms. The van der Waals surface area contributed by atoms with Crippen molar-refractivity contribution in [1.82, 2.24) is 20.2 Å². The van der Waals surface area contributed by atoms with E-state index in [0.29, 0.717) is 35.7 Å². The van der Waals surface area contributed by atoms with E-state index in [9.17, 15) is 5.26 Å². The van der Waals surface area contributed by atoms with Gasteiger partial charge in [-0.15, -0.1) is 0 Å². The van der Waals surface area contributed by atoms with Crippen LogP contribution in [0.25, 0.3) is 0 Å². The van der Waals surface area contributed by atoms with Crippen LogP contribution < -0.4 is 16.0 Å². The molecule has 1 aromatic carbocycles. The minimum absolute atomic E-state index is 0.326. The topological polar surface area (TPSA) is 120 Å². The fraction of sp³-hybridized carbons (Fsp3) is 0.364. The number of piperidine rings is 1. The molecule has 3 heterocycles. The SMILES string of the molecule is CCc1cc(Nc2cc(Cc3cccc(C#N)c3)nc(N3C[C@@H]4[C@@H](N)[C@@H]4C3)n2)n[nH]1. The molecule has 30 heavy (non-hydrogen) atoms. The van der Waals surface area contributed by atoms with E-state index >= 15 is 0 Å².